The molecule has 1 saturated heterocycles. The van der Waals surface area contributed by atoms with Crippen molar-refractivity contribution in [3.8, 4) is 0 Å². The van der Waals surface area contributed by atoms with Gasteiger partial charge in [-0.25, -0.2) is 0 Å². The van der Waals surface area contributed by atoms with Crippen molar-refractivity contribution >= 4 is 29.0 Å². The molecule has 0 spiro atoms. The van der Waals surface area contributed by atoms with Gasteiger partial charge in [0.25, 0.3) is 0 Å². The lowest BCUT2D eigenvalue weighted by Crippen LogP contribution is -2.41. The second-order valence-electron chi connectivity index (χ2n) is 5.82. The number of benzene rings is 2. The fraction of sp³-hybridized carbons (Fsp3) is 0.263. The fourth-order valence-electron chi connectivity index (χ4n) is 2.72. The molecule has 0 aliphatic carbocycles. The largest absolute Gasteiger partial charge is 0.379 e. The van der Waals surface area contributed by atoms with Crippen molar-refractivity contribution in [2.24, 2.45) is 0 Å². The van der Waals surface area contributed by atoms with Gasteiger partial charge in [-0.3, -0.25) is 14.5 Å². The van der Waals surface area contributed by atoms with Crippen LogP contribution in [0.4, 0.5) is 5.69 Å². The molecule has 0 radical (unpaired) electrons. The number of morpholine rings is 1. The molecule has 0 saturated carbocycles. The summed E-state index contributed by atoms with van der Waals surface area (Å²) in [7, 11) is 0. The summed E-state index contributed by atoms with van der Waals surface area (Å²) in [6.45, 7) is 2.96. The first-order chi connectivity index (χ1) is 12.1. The molecular formula is C19H19ClN2O3. The van der Waals surface area contributed by atoms with Gasteiger partial charge in [0.15, 0.2) is 5.78 Å². The van der Waals surface area contributed by atoms with Crippen LogP contribution < -0.4 is 5.32 Å². The Balaban J connectivity index is 1.77. The third kappa shape index (κ3) is 4.66. The van der Waals surface area contributed by atoms with E-state index in [1.165, 1.54) is 0 Å². The zero-order valence-corrected chi connectivity index (χ0v) is 14.5. The van der Waals surface area contributed by atoms with Crippen LogP contribution in [-0.2, 0) is 9.53 Å². The summed E-state index contributed by atoms with van der Waals surface area (Å²) in [5, 5.41) is 3.29. The number of ether oxygens (including phenoxy) is 1. The van der Waals surface area contributed by atoms with E-state index < -0.39 is 0 Å². The molecule has 2 aromatic carbocycles. The van der Waals surface area contributed by atoms with E-state index in [2.05, 4.69) is 5.32 Å². The number of nitrogens with one attached hydrogen (secondary N) is 1. The minimum absolute atomic E-state index is 0.154. The van der Waals surface area contributed by atoms with Crippen LogP contribution in [-0.4, -0.2) is 49.4 Å². The number of ketones is 1. The lowest BCUT2D eigenvalue weighted by atomic mass is 10.0. The number of hydrogen-bond donors (Lipinski definition) is 1. The Morgan fingerprint density at radius 1 is 1.08 bits per heavy atom. The summed E-state index contributed by atoms with van der Waals surface area (Å²) in [6, 6.07) is 13.8. The van der Waals surface area contributed by atoms with E-state index in [-0.39, 0.29) is 18.2 Å². The number of halogens is 1. The van der Waals surface area contributed by atoms with Crippen LogP contribution in [0.1, 0.15) is 15.9 Å². The predicted molar refractivity (Wildman–Crippen MR) is 97.2 cm³/mol. The van der Waals surface area contributed by atoms with E-state index >= 15 is 0 Å². The van der Waals surface area contributed by atoms with Crippen LogP contribution in [0.3, 0.4) is 0 Å². The molecule has 0 unspecified atom stereocenters. The minimum atomic E-state index is -0.175. The first-order valence-electron chi connectivity index (χ1n) is 8.13. The second-order valence-corrected chi connectivity index (χ2v) is 6.26. The quantitative estimate of drug-likeness (QED) is 0.835. The van der Waals surface area contributed by atoms with Crippen LogP contribution in [0.2, 0.25) is 5.02 Å². The summed E-state index contributed by atoms with van der Waals surface area (Å²) in [5.41, 5.74) is 1.42. The highest BCUT2D eigenvalue weighted by Crippen LogP contribution is 2.24. The van der Waals surface area contributed by atoms with Crippen LogP contribution in [0.5, 0.6) is 0 Å². The molecule has 2 aromatic rings. The molecule has 1 N–H and O–H groups in total. The average molecular weight is 359 g/mol. The van der Waals surface area contributed by atoms with E-state index in [0.29, 0.717) is 35.1 Å². The van der Waals surface area contributed by atoms with Crippen molar-refractivity contribution < 1.29 is 14.3 Å². The van der Waals surface area contributed by atoms with Gasteiger partial charge >= 0.3 is 0 Å². The highest BCUT2D eigenvalue weighted by molar-refractivity contribution is 6.31. The number of hydrogen-bond acceptors (Lipinski definition) is 4. The normalized spacial score (nSPS) is 14.9. The SMILES string of the molecule is O=C(CN1CCOCC1)Nc1cc(Cl)ccc1C(=O)c1ccccc1. The molecule has 130 valence electrons. The zero-order chi connectivity index (χ0) is 17.6. The number of carbonyl (C=O) groups excluding carboxylic acids is 2. The molecule has 25 heavy (non-hydrogen) atoms. The topological polar surface area (TPSA) is 58.6 Å². The number of nitrogens with zero attached hydrogens (tertiary/aromatic N) is 1. The monoisotopic (exact) mass is 358 g/mol. The van der Waals surface area contributed by atoms with Gasteiger partial charge in [-0.05, 0) is 18.2 Å². The molecule has 5 nitrogen and oxygen atoms in total. The molecule has 0 bridgehead atoms. The maximum Gasteiger partial charge on any atom is 0.238 e. The highest BCUT2D eigenvalue weighted by atomic mass is 35.5. The smallest absolute Gasteiger partial charge is 0.238 e. The number of rotatable bonds is 5. The van der Waals surface area contributed by atoms with Crippen molar-refractivity contribution in [3.63, 3.8) is 0 Å². The maximum atomic E-state index is 12.7. The van der Waals surface area contributed by atoms with E-state index in [9.17, 15) is 9.59 Å². The van der Waals surface area contributed by atoms with Crippen molar-refractivity contribution in [2.75, 3.05) is 38.2 Å². The Morgan fingerprint density at radius 2 is 1.80 bits per heavy atom. The van der Waals surface area contributed by atoms with Crippen LogP contribution in [0, 0.1) is 0 Å². The fourth-order valence-corrected chi connectivity index (χ4v) is 2.89. The Morgan fingerprint density at radius 3 is 2.52 bits per heavy atom. The van der Waals surface area contributed by atoms with Crippen molar-refractivity contribution in [1.29, 1.82) is 0 Å². The van der Waals surface area contributed by atoms with Gasteiger partial charge in [-0.1, -0.05) is 41.9 Å². The lowest BCUT2D eigenvalue weighted by molar-refractivity contribution is -0.118. The van der Waals surface area contributed by atoms with E-state index in [0.717, 1.165) is 13.1 Å². The van der Waals surface area contributed by atoms with Crippen LogP contribution >= 0.6 is 11.6 Å². The van der Waals surface area contributed by atoms with Gasteiger partial charge < -0.3 is 10.1 Å². The van der Waals surface area contributed by atoms with Crippen molar-refractivity contribution in [2.45, 2.75) is 0 Å². The molecular weight excluding hydrogens is 340 g/mol. The molecule has 1 heterocycles. The third-order valence-electron chi connectivity index (χ3n) is 4.01. The van der Waals surface area contributed by atoms with Gasteiger partial charge in [-0.2, -0.15) is 0 Å². The third-order valence-corrected chi connectivity index (χ3v) is 4.24. The molecule has 6 heteroatoms. The molecule has 0 atom stereocenters. The standard InChI is InChI=1S/C19H19ClN2O3/c20-15-6-7-16(19(24)14-4-2-1-3-5-14)17(12-15)21-18(23)13-22-8-10-25-11-9-22/h1-7,12H,8-11,13H2,(H,21,23). The highest BCUT2D eigenvalue weighted by Gasteiger charge is 2.18. The van der Waals surface area contributed by atoms with Crippen LogP contribution in [0.25, 0.3) is 0 Å². The van der Waals surface area contributed by atoms with E-state index in [1.807, 2.05) is 11.0 Å². The summed E-state index contributed by atoms with van der Waals surface area (Å²) in [6.07, 6.45) is 0. The minimum Gasteiger partial charge on any atom is -0.379 e. The van der Waals surface area contributed by atoms with Crippen molar-refractivity contribution in [3.05, 3.63) is 64.7 Å². The van der Waals surface area contributed by atoms with Gasteiger partial charge in [0, 0.05) is 29.2 Å². The Bertz CT molecular complexity index is 759. The number of amides is 1. The molecule has 1 amide bonds. The molecule has 3 rings (SSSR count). The predicted octanol–water partition coefficient (Wildman–Crippen LogP) is 2.84. The van der Waals surface area contributed by atoms with E-state index in [4.69, 9.17) is 16.3 Å². The molecule has 0 aromatic heterocycles. The average Bonchev–Trinajstić information content (AvgIpc) is 2.63. The summed E-state index contributed by atoms with van der Waals surface area (Å²) < 4.78 is 5.28. The summed E-state index contributed by atoms with van der Waals surface area (Å²) >= 11 is 6.05. The van der Waals surface area contributed by atoms with Crippen molar-refractivity contribution in [1.82, 2.24) is 4.90 Å². The number of anilines is 1. The van der Waals surface area contributed by atoms with Gasteiger partial charge in [-0.15, -0.1) is 0 Å². The molecule has 1 fully saturated rings. The Hall–Kier alpha value is -2.21. The molecule has 1 aliphatic heterocycles. The first-order valence-corrected chi connectivity index (χ1v) is 8.50. The summed E-state index contributed by atoms with van der Waals surface area (Å²) in [5.74, 6) is -0.329. The van der Waals surface area contributed by atoms with Gasteiger partial charge in [0.1, 0.15) is 0 Å². The van der Waals surface area contributed by atoms with E-state index in [1.54, 1.807) is 42.5 Å². The maximum absolute atomic E-state index is 12.7. The zero-order valence-electron chi connectivity index (χ0n) is 13.7. The first kappa shape index (κ1) is 17.6. The van der Waals surface area contributed by atoms with Crippen LogP contribution in [0.15, 0.2) is 48.5 Å². The van der Waals surface area contributed by atoms with Gasteiger partial charge in [0.2, 0.25) is 5.91 Å². The Labute approximate surface area is 151 Å². The molecule has 1 aliphatic rings. The summed E-state index contributed by atoms with van der Waals surface area (Å²) in [4.78, 5) is 27.1. The lowest BCUT2D eigenvalue weighted by Gasteiger charge is -2.26. The van der Waals surface area contributed by atoms with Gasteiger partial charge in [0.05, 0.1) is 25.4 Å². The Kier molecular flexibility index (Phi) is 5.81. The number of carbonyl (C=O) groups is 2. The second kappa shape index (κ2) is 8.25.